The molecular formula is C13H12BrNO2. The maximum Gasteiger partial charge on any atom is 0.357 e. The molecule has 2 rings (SSSR count). The highest BCUT2D eigenvalue weighted by atomic mass is 79.9. The van der Waals surface area contributed by atoms with Crippen molar-refractivity contribution in [3.05, 3.63) is 40.6 Å². The molecule has 0 saturated carbocycles. The first-order valence-corrected chi connectivity index (χ1v) is 6.12. The smallest absolute Gasteiger partial charge is 0.357 e. The molecule has 0 fully saturated rings. The second-order valence-electron chi connectivity index (χ2n) is 4.02. The number of hydrogen-bond donors (Lipinski definition) is 0. The number of carbonyl (C=O) groups is 1. The number of rotatable bonds is 2. The van der Waals surface area contributed by atoms with E-state index in [2.05, 4.69) is 20.9 Å². The number of ether oxygens (including phenoxy) is 1. The average molecular weight is 294 g/mol. The predicted molar refractivity (Wildman–Crippen MR) is 70.0 cm³/mol. The zero-order valence-electron chi connectivity index (χ0n) is 9.61. The van der Waals surface area contributed by atoms with Crippen molar-refractivity contribution in [1.82, 2.24) is 4.98 Å². The van der Waals surface area contributed by atoms with Crippen molar-refractivity contribution in [1.29, 1.82) is 0 Å². The van der Waals surface area contributed by atoms with Crippen molar-refractivity contribution in [3.63, 3.8) is 0 Å². The molecule has 0 aliphatic carbocycles. The standard InChI is InChI=1S/C13H12BrNO2/c1-8(2)17-13(16)12-6-9-3-4-11(14)5-10(9)7-15-12/h3-8H,1-2H3. The van der Waals surface area contributed by atoms with Crippen LogP contribution in [0.3, 0.4) is 0 Å². The van der Waals surface area contributed by atoms with Gasteiger partial charge in [-0.2, -0.15) is 0 Å². The Morgan fingerprint density at radius 1 is 1.29 bits per heavy atom. The van der Waals surface area contributed by atoms with Gasteiger partial charge in [-0.15, -0.1) is 0 Å². The second-order valence-corrected chi connectivity index (χ2v) is 4.93. The molecule has 0 bridgehead atoms. The lowest BCUT2D eigenvalue weighted by Crippen LogP contribution is -2.12. The van der Waals surface area contributed by atoms with E-state index in [1.807, 2.05) is 32.0 Å². The summed E-state index contributed by atoms with van der Waals surface area (Å²) in [6.07, 6.45) is 1.54. The number of carbonyl (C=O) groups excluding carboxylic acids is 1. The van der Waals surface area contributed by atoms with Gasteiger partial charge >= 0.3 is 5.97 Å². The van der Waals surface area contributed by atoms with Crippen molar-refractivity contribution in [2.45, 2.75) is 20.0 Å². The molecular weight excluding hydrogens is 282 g/mol. The van der Waals surface area contributed by atoms with Gasteiger partial charge in [0, 0.05) is 16.1 Å². The van der Waals surface area contributed by atoms with E-state index in [4.69, 9.17) is 4.74 Å². The largest absolute Gasteiger partial charge is 0.458 e. The average Bonchev–Trinajstić information content (AvgIpc) is 2.27. The van der Waals surface area contributed by atoms with E-state index in [0.717, 1.165) is 15.2 Å². The van der Waals surface area contributed by atoms with Crippen molar-refractivity contribution < 1.29 is 9.53 Å². The summed E-state index contributed by atoms with van der Waals surface area (Å²) in [6.45, 7) is 3.63. The summed E-state index contributed by atoms with van der Waals surface area (Å²) in [6, 6.07) is 7.57. The summed E-state index contributed by atoms with van der Waals surface area (Å²) in [5, 5.41) is 1.96. The first-order chi connectivity index (χ1) is 8.06. The predicted octanol–water partition coefficient (Wildman–Crippen LogP) is 3.56. The minimum absolute atomic E-state index is 0.134. The zero-order chi connectivity index (χ0) is 12.4. The van der Waals surface area contributed by atoms with Crippen LogP contribution in [0.5, 0.6) is 0 Å². The number of pyridine rings is 1. The molecule has 2 aromatic rings. The van der Waals surface area contributed by atoms with Crippen molar-refractivity contribution >= 4 is 32.7 Å². The van der Waals surface area contributed by atoms with Crippen LogP contribution >= 0.6 is 15.9 Å². The van der Waals surface area contributed by atoms with Gasteiger partial charge in [-0.25, -0.2) is 9.78 Å². The van der Waals surface area contributed by atoms with E-state index in [1.54, 1.807) is 12.3 Å². The van der Waals surface area contributed by atoms with Crippen LogP contribution in [0, 0.1) is 0 Å². The number of fused-ring (bicyclic) bond motifs is 1. The third kappa shape index (κ3) is 2.82. The minimum atomic E-state index is -0.384. The van der Waals surface area contributed by atoms with Gasteiger partial charge in [0.05, 0.1) is 6.10 Å². The number of halogens is 1. The van der Waals surface area contributed by atoms with Crippen LogP contribution in [0.4, 0.5) is 0 Å². The van der Waals surface area contributed by atoms with Crippen LogP contribution in [0.15, 0.2) is 34.9 Å². The zero-order valence-corrected chi connectivity index (χ0v) is 11.2. The van der Waals surface area contributed by atoms with Gasteiger partial charge in [-0.1, -0.05) is 22.0 Å². The molecule has 88 valence electrons. The normalized spacial score (nSPS) is 10.8. The third-order valence-corrected chi connectivity index (χ3v) is 2.73. The van der Waals surface area contributed by atoms with Gasteiger partial charge in [0.1, 0.15) is 5.69 Å². The quantitative estimate of drug-likeness (QED) is 0.795. The van der Waals surface area contributed by atoms with Gasteiger partial charge in [0.2, 0.25) is 0 Å². The maximum absolute atomic E-state index is 11.7. The first-order valence-electron chi connectivity index (χ1n) is 5.32. The molecule has 0 aliphatic heterocycles. The Bertz CT molecular complexity index is 566. The molecule has 0 amide bonds. The Labute approximate surface area is 108 Å². The van der Waals surface area contributed by atoms with Gasteiger partial charge in [0.25, 0.3) is 0 Å². The molecule has 0 spiro atoms. The summed E-state index contributed by atoms with van der Waals surface area (Å²) >= 11 is 3.39. The van der Waals surface area contributed by atoms with E-state index in [0.29, 0.717) is 5.69 Å². The lowest BCUT2D eigenvalue weighted by Gasteiger charge is -2.07. The molecule has 0 atom stereocenters. The highest BCUT2D eigenvalue weighted by molar-refractivity contribution is 9.10. The summed E-state index contributed by atoms with van der Waals surface area (Å²) in [5.74, 6) is -0.384. The molecule has 17 heavy (non-hydrogen) atoms. The minimum Gasteiger partial charge on any atom is -0.458 e. The molecule has 0 aliphatic rings. The lowest BCUT2D eigenvalue weighted by molar-refractivity contribution is 0.0371. The molecule has 1 aromatic heterocycles. The molecule has 3 nitrogen and oxygen atoms in total. The Morgan fingerprint density at radius 2 is 2.06 bits per heavy atom. The molecule has 0 N–H and O–H groups in total. The molecule has 0 radical (unpaired) electrons. The number of benzene rings is 1. The van der Waals surface area contributed by atoms with Crippen LogP contribution in [-0.4, -0.2) is 17.1 Å². The summed E-state index contributed by atoms with van der Waals surface area (Å²) in [4.78, 5) is 15.8. The summed E-state index contributed by atoms with van der Waals surface area (Å²) < 4.78 is 6.09. The van der Waals surface area contributed by atoms with E-state index < -0.39 is 0 Å². The Balaban J connectivity index is 2.38. The second kappa shape index (κ2) is 4.84. The summed E-state index contributed by atoms with van der Waals surface area (Å²) in [7, 11) is 0. The van der Waals surface area contributed by atoms with Gasteiger partial charge in [0.15, 0.2) is 0 Å². The van der Waals surface area contributed by atoms with Crippen LogP contribution in [-0.2, 0) is 4.74 Å². The first kappa shape index (κ1) is 12.0. The molecule has 0 saturated heterocycles. The van der Waals surface area contributed by atoms with Crippen molar-refractivity contribution in [3.8, 4) is 0 Å². The SMILES string of the molecule is CC(C)OC(=O)c1cc2ccc(Br)cc2cn1. The summed E-state index contributed by atoms with van der Waals surface area (Å²) in [5.41, 5.74) is 0.341. The van der Waals surface area contributed by atoms with Crippen LogP contribution in [0.2, 0.25) is 0 Å². The van der Waals surface area contributed by atoms with Crippen molar-refractivity contribution in [2.75, 3.05) is 0 Å². The fraction of sp³-hybridized carbons (Fsp3) is 0.231. The highest BCUT2D eigenvalue weighted by Gasteiger charge is 2.11. The third-order valence-electron chi connectivity index (χ3n) is 2.24. The molecule has 1 heterocycles. The molecule has 4 heteroatoms. The van der Waals surface area contributed by atoms with Gasteiger partial charge < -0.3 is 4.74 Å². The van der Waals surface area contributed by atoms with E-state index >= 15 is 0 Å². The number of nitrogens with zero attached hydrogens (tertiary/aromatic N) is 1. The number of esters is 1. The van der Waals surface area contributed by atoms with Crippen molar-refractivity contribution in [2.24, 2.45) is 0 Å². The Hall–Kier alpha value is -1.42. The molecule has 1 aromatic carbocycles. The number of hydrogen-bond acceptors (Lipinski definition) is 3. The van der Waals surface area contributed by atoms with Crippen LogP contribution in [0.25, 0.3) is 10.8 Å². The fourth-order valence-corrected chi connectivity index (χ4v) is 1.88. The lowest BCUT2D eigenvalue weighted by atomic mass is 10.1. The fourth-order valence-electron chi connectivity index (χ4n) is 1.50. The van der Waals surface area contributed by atoms with Gasteiger partial charge in [-0.3, -0.25) is 0 Å². The van der Waals surface area contributed by atoms with Crippen LogP contribution < -0.4 is 0 Å². The monoisotopic (exact) mass is 293 g/mol. The molecule has 0 unspecified atom stereocenters. The highest BCUT2D eigenvalue weighted by Crippen LogP contribution is 2.19. The van der Waals surface area contributed by atoms with Crippen LogP contribution in [0.1, 0.15) is 24.3 Å². The van der Waals surface area contributed by atoms with Gasteiger partial charge in [-0.05, 0) is 37.4 Å². The Kier molecular flexibility index (Phi) is 3.43. The maximum atomic E-state index is 11.7. The van der Waals surface area contributed by atoms with E-state index in [-0.39, 0.29) is 12.1 Å². The topological polar surface area (TPSA) is 39.2 Å². The van der Waals surface area contributed by atoms with E-state index in [1.165, 1.54) is 0 Å². The van der Waals surface area contributed by atoms with E-state index in [9.17, 15) is 4.79 Å². The Morgan fingerprint density at radius 3 is 2.76 bits per heavy atom. The number of aromatic nitrogens is 1.